The number of urea groups is 1. The lowest BCUT2D eigenvalue weighted by Gasteiger charge is -2.20. The first-order valence-corrected chi connectivity index (χ1v) is 6.60. The quantitative estimate of drug-likeness (QED) is 0.778. The van der Waals surface area contributed by atoms with E-state index in [4.69, 9.17) is 0 Å². The molecule has 0 bridgehead atoms. The lowest BCUT2D eigenvalue weighted by molar-refractivity contribution is -0.135. The maximum atomic E-state index is 12.5. The van der Waals surface area contributed by atoms with Gasteiger partial charge in [-0.3, -0.25) is 29.6 Å². The maximum absolute atomic E-state index is 12.5. The number of barbiturate groups is 1. The number of imide groups is 2. The molecule has 2 N–H and O–H groups in total. The fraction of sp³-hybridized carbons (Fsp3) is 0.214. The molecular formula is C14H12N4O4. The number of hydrogen-bond donors (Lipinski definition) is 2. The lowest BCUT2D eigenvalue weighted by Crippen LogP contribution is -2.56. The van der Waals surface area contributed by atoms with Crippen LogP contribution in [0.5, 0.6) is 0 Å². The van der Waals surface area contributed by atoms with Gasteiger partial charge in [0, 0.05) is 6.42 Å². The minimum atomic E-state index is -1.23. The van der Waals surface area contributed by atoms with Crippen LogP contribution >= 0.6 is 0 Å². The molecule has 0 spiro atoms. The Morgan fingerprint density at radius 3 is 2.50 bits per heavy atom. The maximum Gasteiger partial charge on any atom is 0.328 e. The molecule has 1 aromatic heterocycles. The van der Waals surface area contributed by atoms with E-state index in [9.17, 15) is 19.2 Å². The zero-order valence-electron chi connectivity index (χ0n) is 11.6. The van der Waals surface area contributed by atoms with Crippen LogP contribution in [0.15, 0.2) is 24.3 Å². The molecule has 3 rings (SSSR count). The van der Waals surface area contributed by atoms with Crippen LogP contribution in [0.2, 0.25) is 0 Å². The van der Waals surface area contributed by atoms with Crippen LogP contribution in [0.4, 0.5) is 4.79 Å². The average molecular weight is 300 g/mol. The summed E-state index contributed by atoms with van der Waals surface area (Å²) >= 11 is 0. The molecule has 1 aromatic carbocycles. The molecule has 4 amide bonds. The van der Waals surface area contributed by atoms with Gasteiger partial charge in [-0.15, -0.1) is 0 Å². The van der Waals surface area contributed by atoms with Gasteiger partial charge in [0.15, 0.2) is 0 Å². The van der Waals surface area contributed by atoms with Crippen LogP contribution in [-0.4, -0.2) is 33.3 Å². The van der Waals surface area contributed by atoms with Crippen molar-refractivity contribution in [3.05, 3.63) is 30.1 Å². The first-order chi connectivity index (χ1) is 10.5. The first kappa shape index (κ1) is 13.9. The smallest absolute Gasteiger partial charge is 0.277 e. The number of para-hydroxylation sites is 2. The van der Waals surface area contributed by atoms with E-state index in [0.717, 1.165) is 0 Å². The van der Waals surface area contributed by atoms with Gasteiger partial charge < -0.3 is 0 Å². The predicted octanol–water partition coefficient (Wildman–Crippen LogP) is 0.357. The number of benzene rings is 1. The number of rotatable bonds is 2. The summed E-state index contributed by atoms with van der Waals surface area (Å²) in [5.74, 6) is -2.74. The molecule has 1 fully saturated rings. The Morgan fingerprint density at radius 2 is 1.82 bits per heavy atom. The normalized spacial score (nSPS) is 15.8. The molecule has 2 heterocycles. The van der Waals surface area contributed by atoms with Gasteiger partial charge in [-0.05, 0) is 19.1 Å². The van der Waals surface area contributed by atoms with Crippen molar-refractivity contribution in [2.24, 2.45) is 5.92 Å². The monoisotopic (exact) mass is 300 g/mol. The Balaban J connectivity index is 1.91. The molecule has 8 nitrogen and oxygen atoms in total. The van der Waals surface area contributed by atoms with Gasteiger partial charge in [-0.25, -0.2) is 9.78 Å². The van der Waals surface area contributed by atoms with Crippen molar-refractivity contribution in [3.8, 4) is 0 Å². The molecule has 0 aliphatic carbocycles. The Bertz CT molecular complexity index is 803. The van der Waals surface area contributed by atoms with Crippen molar-refractivity contribution >= 4 is 34.8 Å². The number of imidazole rings is 1. The second kappa shape index (κ2) is 5.06. The van der Waals surface area contributed by atoms with Crippen LogP contribution in [-0.2, 0) is 9.59 Å². The Hall–Kier alpha value is -3.03. The number of fused-ring (bicyclic) bond motifs is 1. The van der Waals surface area contributed by atoms with E-state index in [2.05, 4.69) is 4.98 Å². The Labute approximate surface area is 124 Å². The van der Waals surface area contributed by atoms with Gasteiger partial charge >= 0.3 is 6.03 Å². The summed E-state index contributed by atoms with van der Waals surface area (Å²) in [6.45, 7) is 1.67. The Kier molecular flexibility index (Phi) is 3.21. The summed E-state index contributed by atoms with van der Waals surface area (Å²) in [6.07, 6.45) is -0.341. The lowest BCUT2D eigenvalue weighted by atomic mass is 10.0. The molecule has 0 saturated carbocycles. The molecule has 0 unspecified atom stereocenters. The second-order valence-corrected chi connectivity index (χ2v) is 4.94. The second-order valence-electron chi connectivity index (χ2n) is 4.94. The highest BCUT2D eigenvalue weighted by Crippen LogP contribution is 2.18. The number of aromatic nitrogens is 2. The number of carbonyl (C=O) groups excluding carboxylic acids is 4. The van der Waals surface area contributed by atoms with E-state index in [1.807, 2.05) is 10.6 Å². The summed E-state index contributed by atoms with van der Waals surface area (Å²) in [7, 11) is 0. The van der Waals surface area contributed by atoms with Crippen LogP contribution in [0.1, 0.15) is 17.0 Å². The number of hydrogen-bond acceptors (Lipinski definition) is 5. The van der Waals surface area contributed by atoms with Crippen molar-refractivity contribution in [1.82, 2.24) is 20.2 Å². The van der Waals surface area contributed by atoms with Crippen molar-refractivity contribution in [2.75, 3.05) is 0 Å². The Morgan fingerprint density at radius 1 is 1.18 bits per heavy atom. The minimum absolute atomic E-state index is 0.341. The van der Waals surface area contributed by atoms with Crippen LogP contribution in [0, 0.1) is 12.8 Å². The summed E-state index contributed by atoms with van der Waals surface area (Å²) in [5.41, 5.74) is 1.26. The summed E-state index contributed by atoms with van der Waals surface area (Å²) in [5, 5.41) is 3.95. The van der Waals surface area contributed by atoms with E-state index < -0.39 is 29.7 Å². The summed E-state index contributed by atoms with van der Waals surface area (Å²) in [6, 6.07) is 6.20. The molecule has 1 saturated heterocycles. The minimum Gasteiger partial charge on any atom is -0.277 e. The predicted molar refractivity (Wildman–Crippen MR) is 74.9 cm³/mol. The topological polar surface area (TPSA) is 110 Å². The van der Waals surface area contributed by atoms with Crippen LogP contribution in [0.3, 0.4) is 0 Å². The zero-order chi connectivity index (χ0) is 15.9. The van der Waals surface area contributed by atoms with Crippen LogP contribution in [0.25, 0.3) is 11.0 Å². The third kappa shape index (κ3) is 2.24. The SMILES string of the molecule is Cc1nc2ccccc2n1C(=O)CC1C(=O)NC(=O)NC1=O. The fourth-order valence-electron chi connectivity index (χ4n) is 2.46. The molecule has 0 atom stereocenters. The molecular weight excluding hydrogens is 288 g/mol. The number of aryl methyl sites for hydroxylation is 1. The highest BCUT2D eigenvalue weighted by Gasteiger charge is 2.36. The molecule has 1 aliphatic heterocycles. The molecule has 112 valence electrons. The van der Waals surface area contributed by atoms with Gasteiger partial charge in [0.2, 0.25) is 17.7 Å². The summed E-state index contributed by atoms with van der Waals surface area (Å²) in [4.78, 5) is 51.1. The van der Waals surface area contributed by atoms with E-state index in [-0.39, 0.29) is 6.42 Å². The van der Waals surface area contributed by atoms with Crippen LogP contribution < -0.4 is 10.6 Å². The van der Waals surface area contributed by atoms with Gasteiger partial charge in [0.05, 0.1) is 11.0 Å². The highest BCUT2D eigenvalue weighted by atomic mass is 16.2. The molecule has 2 aromatic rings. The zero-order valence-corrected chi connectivity index (χ0v) is 11.6. The molecule has 1 aliphatic rings. The number of nitrogens with zero attached hydrogens (tertiary/aromatic N) is 2. The van der Waals surface area contributed by atoms with Gasteiger partial charge in [0.1, 0.15) is 11.7 Å². The fourth-order valence-corrected chi connectivity index (χ4v) is 2.46. The first-order valence-electron chi connectivity index (χ1n) is 6.60. The number of carbonyl (C=O) groups is 4. The van der Waals surface area contributed by atoms with Gasteiger partial charge in [-0.1, -0.05) is 12.1 Å². The standard InChI is InChI=1S/C14H12N4O4/c1-7-15-9-4-2-3-5-10(9)18(7)11(19)6-8-12(20)16-14(22)17-13(8)21/h2-5,8H,6H2,1H3,(H2,16,17,20,21,22). The molecule has 0 radical (unpaired) electrons. The molecule has 8 heteroatoms. The van der Waals surface area contributed by atoms with Gasteiger partial charge in [-0.2, -0.15) is 0 Å². The van der Waals surface area contributed by atoms with Crippen molar-refractivity contribution in [3.63, 3.8) is 0 Å². The number of amides is 4. The van der Waals surface area contributed by atoms with E-state index in [0.29, 0.717) is 16.9 Å². The van der Waals surface area contributed by atoms with Crippen molar-refractivity contribution in [1.29, 1.82) is 0 Å². The van der Waals surface area contributed by atoms with Crippen molar-refractivity contribution < 1.29 is 19.2 Å². The van der Waals surface area contributed by atoms with Gasteiger partial charge in [0.25, 0.3) is 0 Å². The summed E-state index contributed by atoms with van der Waals surface area (Å²) < 4.78 is 1.37. The number of nitrogens with one attached hydrogen (secondary N) is 2. The van der Waals surface area contributed by atoms with E-state index in [1.165, 1.54) is 4.57 Å². The molecule has 22 heavy (non-hydrogen) atoms. The van der Waals surface area contributed by atoms with Crippen molar-refractivity contribution in [2.45, 2.75) is 13.3 Å². The largest absolute Gasteiger partial charge is 0.328 e. The van der Waals surface area contributed by atoms with E-state index in [1.54, 1.807) is 31.2 Å². The third-order valence-corrected chi connectivity index (χ3v) is 3.46. The third-order valence-electron chi connectivity index (χ3n) is 3.46. The van der Waals surface area contributed by atoms with E-state index >= 15 is 0 Å². The average Bonchev–Trinajstić information content (AvgIpc) is 2.78. The highest BCUT2D eigenvalue weighted by molar-refractivity contribution is 6.17.